The van der Waals surface area contributed by atoms with E-state index in [-0.39, 0.29) is 23.8 Å². The number of halogens is 1. The maximum atomic E-state index is 13.0. The molecule has 6 nitrogen and oxygen atoms in total. The molecule has 1 fully saturated rings. The molecule has 0 bridgehead atoms. The average molecular weight is 470 g/mol. The third-order valence-electron chi connectivity index (χ3n) is 6.00. The lowest BCUT2D eigenvalue weighted by Gasteiger charge is -2.33. The van der Waals surface area contributed by atoms with Gasteiger partial charge in [0.2, 0.25) is 11.8 Å². The molecule has 2 N–H and O–H groups in total. The van der Waals surface area contributed by atoms with Crippen LogP contribution in [-0.4, -0.2) is 47.8 Å². The Morgan fingerprint density at radius 2 is 1.61 bits per heavy atom. The minimum atomic E-state index is -0.638. The molecule has 7 heteroatoms. The second-order valence-electron chi connectivity index (χ2n) is 8.94. The van der Waals surface area contributed by atoms with Crippen molar-refractivity contribution in [3.05, 3.63) is 70.2 Å². The molecule has 1 unspecified atom stereocenters. The van der Waals surface area contributed by atoms with E-state index >= 15 is 0 Å². The molecule has 176 valence electrons. The number of likely N-dealkylation sites (tertiary alicyclic amines) is 1. The van der Waals surface area contributed by atoms with E-state index in [1.807, 2.05) is 12.1 Å². The highest BCUT2D eigenvalue weighted by atomic mass is 35.5. The molecule has 1 saturated heterocycles. The molecule has 2 aromatic carbocycles. The fraction of sp³-hybridized carbons (Fsp3) is 0.423. The van der Waals surface area contributed by atoms with E-state index in [9.17, 15) is 14.4 Å². The van der Waals surface area contributed by atoms with Crippen molar-refractivity contribution >= 4 is 29.3 Å². The van der Waals surface area contributed by atoms with E-state index < -0.39 is 6.04 Å². The van der Waals surface area contributed by atoms with Crippen LogP contribution >= 0.6 is 11.6 Å². The predicted molar refractivity (Wildman–Crippen MR) is 130 cm³/mol. The summed E-state index contributed by atoms with van der Waals surface area (Å²) in [6.45, 7) is 6.82. The lowest BCUT2D eigenvalue weighted by atomic mass is 9.98. The van der Waals surface area contributed by atoms with Crippen molar-refractivity contribution in [2.45, 2.75) is 58.0 Å². The van der Waals surface area contributed by atoms with Crippen molar-refractivity contribution in [1.82, 2.24) is 15.5 Å². The number of carbonyl (C=O) groups is 3. The van der Waals surface area contributed by atoms with Gasteiger partial charge in [-0.25, -0.2) is 0 Å². The molecule has 0 radical (unpaired) electrons. The Labute approximate surface area is 200 Å². The molecule has 0 saturated carbocycles. The Bertz CT molecular complexity index is 965. The first kappa shape index (κ1) is 24.8. The summed E-state index contributed by atoms with van der Waals surface area (Å²) in [7, 11) is 0. The van der Waals surface area contributed by atoms with Gasteiger partial charge in [0.15, 0.2) is 0 Å². The highest BCUT2D eigenvalue weighted by molar-refractivity contribution is 6.30. The Morgan fingerprint density at radius 1 is 1.00 bits per heavy atom. The van der Waals surface area contributed by atoms with Crippen LogP contribution in [0.4, 0.5) is 0 Å². The molecule has 3 amide bonds. The van der Waals surface area contributed by atoms with Gasteiger partial charge in [0.05, 0.1) is 0 Å². The second kappa shape index (κ2) is 11.3. The molecule has 1 aliphatic rings. The van der Waals surface area contributed by atoms with Crippen LogP contribution in [0.15, 0.2) is 48.5 Å². The molecule has 3 rings (SSSR count). The molecule has 0 aromatic heterocycles. The van der Waals surface area contributed by atoms with Crippen LogP contribution in [0.3, 0.4) is 0 Å². The van der Waals surface area contributed by atoms with Crippen molar-refractivity contribution in [1.29, 1.82) is 0 Å². The average Bonchev–Trinajstić information content (AvgIpc) is 2.79. The van der Waals surface area contributed by atoms with E-state index in [0.29, 0.717) is 48.9 Å². The maximum Gasteiger partial charge on any atom is 0.253 e. The summed E-state index contributed by atoms with van der Waals surface area (Å²) in [6.07, 6.45) is 1.76. The minimum Gasteiger partial charge on any atom is -0.351 e. The standard InChI is InChI=1S/C26H32ClN3O3/c1-17(2)20-6-4-19(5-7-20)16-24(28-18(3)31)25(32)29-23-12-14-30(15-13-23)26(33)21-8-10-22(27)11-9-21/h4-11,17,23-24H,12-16H2,1-3H3,(H,28,31)(H,29,32). The van der Waals surface area contributed by atoms with Crippen LogP contribution in [-0.2, 0) is 16.0 Å². The van der Waals surface area contributed by atoms with Gasteiger partial charge in [0, 0.05) is 43.1 Å². The van der Waals surface area contributed by atoms with Gasteiger partial charge in [0.25, 0.3) is 5.91 Å². The predicted octanol–water partition coefficient (Wildman–Crippen LogP) is 3.93. The first-order valence-electron chi connectivity index (χ1n) is 11.4. The molecule has 1 aliphatic heterocycles. The van der Waals surface area contributed by atoms with Crippen molar-refractivity contribution in [3.63, 3.8) is 0 Å². The summed E-state index contributed by atoms with van der Waals surface area (Å²) >= 11 is 5.91. The number of hydrogen-bond donors (Lipinski definition) is 2. The smallest absolute Gasteiger partial charge is 0.253 e. The fourth-order valence-electron chi connectivity index (χ4n) is 4.03. The first-order chi connectivity index (χ1) is 15.7. The number of hydrogen-bond acceptors (Lipinski definition) is 3. The highest BCUT2D eigenvalue weighted by Crippen LogP contribution is 2.18. The van der Waals surface area contributed by atoms with Crippen LogP contribution in [0.25, 0.3) is 0 Å². The van der Waals surface area contributed by atoms with E-state index in [1.54, 1.807) is 29.2 Å². The maximum absolute atomic E-state index is 13.0. The summed E-state index contributed by atoms with van der Waals surface area (Å²) in [5.41, 5.74) is 2.84. The van der Waals surface area contributed by atoms with Crippen LogP contribution in [0, 0.1) is 0 Å². The zero-order chi connectivity index (χ0) is 24.0. The van der Waals surface area contributed by atoms with Crippen LogP contribution < -0.4 is 10.6 Å². The lowest BCUT2D eigenvalue weighted by molar-refractivity contribution is -0.128. The topological polar surface area (TPSA) is 78.5 Å². The van der Waals surface area contributed by atoms with E-state index in [1.165, 1.54) is 12.5 Å². The SMILES string of the molecule is CC(=O)NC(Cc1ccc(C(C)C)cc1)C(=O)NC1CCN(C(=O)c2ccc(Cl)cc2)CC1. The largest absolute Gasteiger partial charge is 0.351 e. The van der Waals surface area contributed by atoms with Gasteiger partial charge in [-0.15, -0.1) is 0 Å². The zero-order valence-electron chi connectivity index (χ0n) is 19.4. The molecule has 0 aliphatic carbocycles. The molecule has 33 heavy (non-hydrogen) atoms. The molecule has 1 atom stereocenters. The number of carbonyl (C=O) groups excluding carboxylic acids is 3. The van der Waals surface area contributed by atoms with Crippen LogP contribution in [0.5, 0.6) is 0 Å². The summed E-state index contributed by atoms with van der Waals surface area (Å²) in [5, 5.41) is 6.45. The number of benzene rings is 2. The Morgan fingerprint density at radius 3 is 2.15 bits per heavy atom. The van der Waals surface area contributed by atoms with Gasteiger partial charge in [-0.05, 0) is 54.2 Å². The van der Waals surface area contributed by atoms with Gasteiger partial charge < -0.3 is 15.5 Å². The van der Waals surface area contributed by atoms with E-state index in [0.717, 1.165) is 5.56 Å². The fourth-order valence-corrected chi connectivity index (χ4v) is 4.16. The molecule has 1 heterocycles. The van der Waals surface area contributed by atoms with Gasteiger partial charge >= 0.3 is 0 Å². The lowest BCUT2D eigenvalue weighted by Crippen LogP contribution is -2.53. The summed E-state index contributed by atoms with van der Waals surface area (Å²) in [5.74, 6) is -0.0266. The zero-order valence-corrected chi connectivity index (χ0v) is 20.2. The molecular formula is C26H32ClN3O3. The van der Waals surface area contributed by atoms with E-state index in [2.05, 4.69) is 36.6 Å². The van der Waals surface area contributed by atoms with Gasteiger partial charge in [-0.2, -0.15) is 0 Å². The number of nitrogens with zero attached hydrogens (tertiary/aromatic N) is 1. The van der Waals surface area contributed by atoms with Crippen molar-refractivity contribution < 1.29 is 14.4 Å². The highest BCUT2D eigenvalue weighted by Gasteiger charge is 2.27. The summed E-state index contributed by atoms with van der Waals surface area (Å²) < 4.78 is 0. The number of amides is 3. The Kier molecular flexibility index (Phi) is 8.50. The monoisotopic (exact) mass is 469 g/mol. The van der Waals surface area contributed by atoms with Crippen molar-refractivity contribution in [2.24, 2.45) is 0 Å². The summed E-state index contributed by atoms with van der Waals surface area (Å²) in [6, 6.07) is 14.4. The molecule has 2 aromatic rings. The van der Waals surface area contributed by atoms with Gasteiger partial charge in [0.1, 0.15) is 6.04 Å². The number of piperidine rings is 1. The van der Waals surface area contributed by atoms with Gasteiger partial charge in [-0.1, -0.05) is 49.7 Å². The Hall–Kier alpha value is -2.86. The molecule has 0 spiro atoms. The number of rotatable bonds is 7. The van der Waals surface area contributed by atoms with Crippen molar-refractivity contribution in [3.8, 4) is 0 Å². The van der Waals surface area contributed by atoms with Crippen LogP contribution in [0.2, 0.25) is 5.02 Å². The van der Waals surface area contributed by atoms with Crippen LogP contribution in [0.1, 0.15) is 61.0 Å². The summed E-state index contributed by atoms with van der Waals surface area (Å²) in [4.78, 5) is 39.2. The van der Waals surface area contributed by atoms with Crippen molar-refractivity contribution in [2.75, 3.05) is 13.1 Å². The number of nitrogens with one attached hydrogen (secondary N) is 2. The quantitative estimate of drug-likeness (QED) is 0.644. The third-order valence-corrected chi connectivity index (χ3v) is 6.25. The first-order valence-corrected chi connectivity index (χ1v) is 11.8. The minimum absolute atomic E-state index is 0.0302. The second-order valence-corrected chi connectivity index (χ2v) is 9.37. The third kappa shape index (κ3) is 7.06. The normalized spacial score (nSPS) is 15.2. The van der Waals surface area contributed by atoms with Gasteiger partial charge in [-0.3, -0.25) is 14.4 Å². The molecular weight excluding hydrogens is 438 g/mol. The van der Waals surface area contributed by atoms with E-state index in [4.69, 9.17) is 11.6 Å². The Balaban J connectivity index is 1.55.